The Hall–Kier alpha value is -1.42. The highest BCUT2D eigenvalue weighted by Crippen LogP contribution is 2.39. The number of alkyl halides is 3. The normalized spacial score (nSPS) is 11.8. The van der Waals surface area contributed by atoms with Crippen molar-refractivity contribution in [2.75, 3.05) is 0 Å². The third-order valence-corrected chi connectivity index (χ3v) is 2.39. The predicted molar refractivity (Wildman–Crippen MR) is 54.2 cm³/mol. The maximum absolute atomic E-state index is 12.7. The van der Waals surface area contributed by atoms with Gasteiger partial charge in [-0.15, -0.1) is 0 Å². The van der Waals surface area contributed by atoms with E-state index in [1.54, 1.807) is 0 Å². The molecule has 16 heavy (non-hydrogen) atoms. The van der Waals surface area contributed by atoms with E-state index >= 15 is 0 Å². The molecule has 0 atom stereocenters. The lowest BCUT2D eigenvalue weighted by molar-refractivity contribution is -0.137. The fourth-order valence-electron chi connectivity index (χ4n) is 1.41. The minimum atomic E-state index is -4.42. The van der Waals surface area contributed by atoms with Gasteiger partial charge in [-0.05, 0) is 12.1 Å². The summed E-state index contributed by atoms with van der Waals surface area (Å²) in [6.07, 6.45) is -3.17. The number of halogens is 4. The Morgan fingerprint density at radius 1 is 1.06 bits per heavy atom. The Morgan fingerprint density at radius 3 is 2.31 bits per heavy atom. The first-order valence-corrected chi connectivity index (χ1v) is 4.77. The Bertz CT molecular complexity index is 502. The third kappa shape index (κ3) is 1.93. The van der Waals surface area contributed by atoms with Crippen LogP contribution in [0.2, 0.25) is 5.02 Å². The zero-order chi connectivity index (χ0) is 11.8. The molecule has 0 spiro atoms. The summed E-state index contributed by atoms with van der Waals surface area (Å²) in [5, 5.41) is 0.164. The molecule has 0 N–H and O–H groups in total. The Morgan fingerprint density at radius 2 is 1.75 bits per heavy atom. The van der Waals surface area contributed by atoms with Crippen LogP contribution in [0.15, 0.2) is 41.0 Å². The van der Waals surface area contributed by atoms with Crippen molar-refractivity contribution in [3.8, 4) is 11.3 Å². The first-order chi connectivity index (χ1) is 7.50. The summed E-state index contributed by atoms with van der Waals surface area (Å²) in [7, 11) is 0. The van der Waals surface area contributed by atoms with E-state index in [2.05, 4.69) is 0 Å². The van der Waals surface area contributed by atoms with Crippen LogP contribution in [0.3, 0.4) is 0 Å². The van der Waals surface area contributed by atoms with Crippen molar-refractivity contribution in [1.29, 1.82) is 0 Å². The zero-order valence-corrected chi connectivity index (χ0v) is 8.64. The van der Waals surface area contributed by atoms with Crippen LogP contribution in [0.1, 0.15) is 5.56 Å². The van der Waals surface area contributed by atoms with Crippen molar-refractivity contribution in [3.05, 3.63) is 47.2 Å². The summed E-state index contributed by atoms with van der Waals surface area (Å²) < 4.78 is 43.0. The number of benzene rings is 1. The molecule has 5 heteroatoms. The maximum atomic E-state index is 12.7. The highest BCUT2D eigenvalue weighted by atomic mass is 35.5. The molecule has 0 bridgehead atoms. The standard InChI is InChI=1S/C11H6ClF3O/c12-9-5-6-16-10(9)7-3-1-2-4-8(7)11(13,14)15/h1-6H. The van der Waals surface area contributed by atoms with Gasteiger partial charge in [-0.1, -0.05) is 29.8 Å². The molecule has 2 aromatic rings. The molecule has 0 aliphatic heterocycles. The number of rotatable bonds is 1. The number of hydrogen-bond donors (Lipinski definition) is 0. The van der Waals surface area contributed by atoms with Gasteiger partial charge in [-0.2, -0.15) is 13.2 Å². The van der Waals surface area contributed by atoms with Gasteiger partial charge in [0.1, 0.15) is 0 Å². The molecule has 1 heterocycles. The van der Waals surface area contributed by atoms with Crippen LogP contribution in [0.5, 0.6) is 0 Å². The summed E-state index contributed by atoms with van der Waals surface area (Å²) >= 11 is 5.74. The highest BCUT2D eigenvalue weighted by Gasteiger charge is 2.34. The molecule has 0 aliphatic rings. The first-order valence-electron chi connectivity index (χ1n) is 4.40. The van der Waals surface area contributed by atoms with Gasteiger partial charge in [0.05, 0.1) is 16.8 Å². The van der Waals surface area contributed by atoms with Gasteiger partial charge in [0.25, 0.3) is 0 Å². The zero-order valence-electron chi connectivity index (χ0n) is 7.88. The summed E-state index contributed by atoms with van der Waals surface area (Å²) in [6, 6.07) is 6.55. The van der Waals surface area contributed by atoms with E-state index in [0.29, 0.717) is 0 Å². The molecule has 0 aliphatic carbocycles. The Kier molecular flexibility index (Phi) is 2.68. The lowest BCUT2D eigenvalue weighted by atomic mass is 10.1. The maximum Gasteiger partial charge on any atom is 0.417 e. The van der Waals surface area contributed by atoms with E-state index < -0.39 is 11.7 Å². The first kappa shape index (κ1) is 11.1. The van der Waals surface area contributed by atoms with Gasteiger partial charge >= 0.3 is 6.18 Å². The second-order valence-electron chi connectivity index (χ2n) is 3.14. The quantitative estimate of drug-likeness (QED) is 0.716. The molecular formula is C11H6ClF3O. The minimum absolute atomic E-state index is 0.0367. The smallest absolute Gasteiger partial charge is 0.417 e. The second-order valence-corrected chi connectivity index (χ2v) is 3.55. The van der Waals surface area contributed by atoms with Crippen LogP contribution in [0.4, 0.5) is 13.2 Å². The molecule has 1 aromatic carbocycles. The third-order valence-electron chi connectivity index (χ3n) is 2.09. The van der Waals surface area contributed by atoms with Crippen LogP contribution < -0.4 is 0 Å². The van der Waals surface area contributed by atoms with Gasteiger partial charge in [-0.3, -0.25) is 0 Å². The van der Waals surface area contributed by atoms with E-state index in [0.717, 1.165) is 6.07 Å². The summed E-state index contributed by atoms with van der Waals surface area (Å²) in [5.74, 6) is 0.0367. The predicted octanol–water partition coefficient (Wildman–Crippen LogP) is 4.62. The number of furan rings is 1. The fraction of sp³-hybridized carbons (Fsp3) is 0.0909. The van der Waals surface area contributed by atoms with Crippen molar-refractivity contribution in [3.63, 3.8) is 0 Å². The van der Waals surface area contributed by atoms with Crippen LogP contribution in [-0.2, 0) is 6.18 Å². The molecule has 0 unspecified atom stereocenters. The van der Waals surface area contributed by atoms with E-state index in [1.807, 2.05) is 0 Å². The highest BCUT2D eigenvalue weighted by molar-refractivity contribution is 6.33. The molecule has 84 valence electrons. The van der Waals surface area contributed by atoms with Crippen LogP contribution in [-0.4, -0.2) is 0 Å². The summed E-state index contributed by atoms with van der Waals surface area (Å²) in [4.78, 5) is 0. The van der Waals surface area contributed by atoms with Gasteiger partial charge < -0.3 is 4.42 Å². The lowest BCUT2D eigenvalue weighted by Gasteiger charge is -2.10. The SMILES string of the molecule is FC(F)(F)c1ccccc1-c1occc1Cl. The fourth-order valence-corrected chi connectivity index (χ4v) is 1.61. The monoisotopic (exact) mass is 246 g/mol. The summed E-state index contributed by atoms with van der Waals surface area (Å²) in [5.41, 5.74) is -0.808. The van der Waals surface area contributed by atoms with Gasteiger partial charge in [0.2, 0.25) is 0 Å². The number of hydrogen-bond acceptors (Lipinski definition) is 1. The van der Waals surface area contributed by atoms with Crippen molar-refractivity contribution in [1.82, 2.24) is 0 Å². The molecule has 0 saturated heterocycles. The molecule has 0 fully saturated rings. The average molecular weight is 247 g/mol. The largest absolute Gasteiger partial charge is 0.463 e. The van der Waals surface area contributed by atoms with Crippen molar-refractivity contribution in [2.24, 2.45) is 0 Å². The molecular weight excluding hydrogens is 241 g/mol. The van der Waals surface area contributed by atoms with E-state index in [9.17, 15) is 13.2 Å². The topological polar surface area (TPSA) is 13.1 Å². The second kappa shape index (κ2) is 3.87. The van der Waals surface area contributed by atoms with Crippen molar-refractivity contribution in [2.45, 2.75) is 6.18 Å². The molecule has 1 nitrogen and oxygen atoms in total. The molecule has 0 radical (unpaired) electrons. The Balaban J connectivity index is 2.62. The van der Waals surface area contributed by atoms with Crippen molar-refractivity contribution < 1.29 is 17.6 Å². The van der Waals surface area contributed by atoms with Crippen molar-refractivity contribution >= 4 is 11.6 Å². The molecule has 2 rings (SSSR count). The van der Waals surface area contributed by atoms with Crippen LogP contribution >= 0.6 is 11.6 Å². The average Bonchev–Trinajstić information content (AvgIpc) is 2.63. The van der Waals surface area contributed by atoms with Crippen LogP contribution in [0.25, 0.3) is 11.3 Å². The van der Waals surface area contributed by atoms with Gasteiger partial charge in [-0.25, -0.2) is 0 Å². The molecule has 0 amide bonds. The van der Waals surface area contributed by atoms with Crippen LogP contribution in [0, 0.1) is 0 Å². The molecule has 1 aromatic heterocycles. The van der Waals surface area contributed by atoms with Gasteiger partial charge in [0.15, 0.2) is 5.76 Å². The molecule has 0 saturated carbocycles. The van der Waals surface area contributed by atoms with Gasteiger partial charge in [0, 0.05) is 5.56 Å². The van der Waals surface area contributed by atoms with E-state index in [4.69, 9.17) is 16.0 Å². The minimum Gasteiger partial charge on any atom is -0.463 e. The summed E-state index contributed by atoms with van der Waals surface area (Å²) in [6.45, 7) is 0. The lowest BCUT2D eigenvalue weighted by Crippen LogP contribution is -2.06. The Labute approximate surface area is 94.4 Å². The van der Waals surface area contributed by atoms with E-state index in [-0.39, 0.29) is 16.3 Å². The van der Waals surface area contributed by atoms with E-state index in [1.165, 1.54) is 30.5 Å².